The van der Waals surface area contributed by atoms with Crippen molar-refractivity contribution in [1.29, 1.82) is 0 Å². The Bertz CT molecular complexity index is 684. The number of pyridine rings is 1. The van der Waals surface area contributed by atoms with Crippen LogP contribution in [-0.4, -0.2) is 16.1 Å². The molecule has 2 aromatic rings. The number of thioether (sulfide) groups is 1. The van der Waals surface area contributed by atoms with E-state index in [0.717, 1.165) is 16.2 Å². The molecule has 0 fully saturated rings. The van der Waals surface area contributed by atoms with Crippen molar-refractivity contribution in [2.75, 3.05) is 0 Å². The van der Waals surface area contributed by atoms with Crippen LogP contribution in [0.1, 0.15) is 21.6 Å². The summed E-state index contributed by atoms with van der Waals surface area (Å²) in [7, 11) is 0. The zero-order valence-corrected chi connectivity index (χ0v) is 13.9. The molecule has 0 saturated carbocycles. The number of rotatable bonds is 4. The quantitative estimate of drug-likeness (QED) is 0.589. The maximum Gasteiger partial charge on any atom is 0.337 e. The van der Waals surface area contributed by atoms with Crippen LogP contribution in [0.2, 0.25) is 15.2 Å². The molecule has 0 saturated heterocycles. The molecule has 7 heteroatoms. The van der Waals surface area contributed by atoms with Gasteiger partial charge in [0.05, 0.1) is 10.6 Å². The lowest BCUT2D eigenvalue weighted by Crippen LogP contribution is -1.97. The van der Waals surface area contributed by atoms with Crippen LogP contribution < -0.4 is 0 Å². The van der Waals surface area contributed by atoms with E-state index in [2.05, 4.69) is 4.98 Å². The summed E-state index contributed by atoms with van der Waals surface area (Å²) in [6.45, 7) is 1.81. The van der Waals surface area contributed by atoms with E-state index in [1.54, 1.807) is 18.2 Å². The van der Waals surface area contributed by atoms with Gasteiger partial charge in [-0.05, 0) is 31.2 Å². The Hall–Kier alpha value is -0.940. The van der Waals surface area contributed by atoms with Gasteiger partial charge in [0.25, 0.3) is 0 Å². The van der Waals surface area contributed by atoms with Crippen molar-refractivity contribution < 1.29 is 9.90 Å². The Kier molecular flexibility index (Phi) is 5.38. The third-order valence-electron chi connectivity index (χ3n) is 2.70. The summed E-state index contributed by atoms with van der Waals surface area (Å²) in [6.07, 6.45) is 0. The third kappa shape index (κ3) is 4.04. The number of aromatic carboxylic acids is 1. The van der Waals surface area contributed by atoms with Gasteiger partial charge in [0.15, 0.2) is 0 Å². The van der Waals surface area contributed by atoms with E-state index >= 15 is 0 Å². The van der Waals surface area contributed by atoms with Crippen molar-refractivity contribution in [2.24, 2.45) is 0 Å². The SMILES string of the molecule is Cc1cc(Cl)c(CSc2ccc(Cl)c(C(=O)O)c2)c(Cl)n1. The molecular weight excluding hydrogens is 353 g/mol. The first-order chi connectivity index (χ1) is 9.88. The number of hydrogen-bond acceptors (Lipinski definition) is 3. The third-order valence-corrected chi connectivity index (χ3v) is 4.70. The molecule has 0 spiro atoms. The molecule has 0 aliphatic heterocycles. The highest BCUT2D eigenvalue weighted by Gasteiger charge is 2.12. The highest BCUT2D eigenvalue weighted by atomic mass is 35.5. The highest BCUT2D eigenvalue weighted by molar-refractivity contribution is 7.98. The Morgan fingerprint density at radius 1 is 1.24 bits per heavy atom. The predicted octanol–water partition coefficient (Wildman–Crippen LogP) is 5.34. The first-order valence-corrected chi connectivity index (χ1v) is 7.97. The van der Waals surface area contributed by atoms with E-state index in [-0.39, 0.29) is 10.6 Å². The van der Waals surface area contributed by atoms with Gasteiger partial charge in [-0.2, -0.15) is 0 Å². The smallest absolute Gasteiger partial charge is 0.337 e. The van der Waals surface area contributed by atoms with Crippen molar-refractivity contribution in [3.63, 3.8) is 0 Å². The fourth-order valence-corrected chi connectivity index (χ4v) is 3.66. The molecule has 2 rings (SSSR count). The van der Waals surface area contributed by atoms with Crippen molar-refractivity contribution in [2.45, 2.75) is 17.6 Å². The summed E-state index contributed by atoms with van der Waals surface area (Å²) in [6, 6.07) is 6.58. The van der Waals surface area contributed by atoms with E-state index in [1.165, 1.54) is 17.8 Å². The van der Waals surface area contributed by atoms with Crippen LogP contribution in [0.25, 0.3) is 0 Å². The van der Waals surface area contributed by atoms with Crippen LogP contribution in [-0.2, 0) is 5.75 Å². The molecule has 21 heavy (non-hydrogen) atoms. The monoisotopic (exact) mass is 361 g/mol. The van der Waals surface area contributed by atoms with Gasteiger partial charge >= 0.3 is 5.97 Å². The topological polar surface area (TPSA) is 50.2 Å². The summed E-state index contributed by atoms with van der Waals surface area (Å²) in [4.78, 5) is 16.0. The molecule has 0 amide bonds. The van der Waals surface area contributed by atoms with Gasteiger partial charge in [0.1, 0.15) is 5.15 Å². The van der Waals surface area contributed by atoms with Crippen LogP contribution >= 0.6 is 46.6 Å². The van der Waals surface area contributed by atoms with Gasteiger partial charge in [0, 0.05) is 26.9 Å². The molecule has 0 aliphatic rings. The number of carboxylic acid groups (broad SMARTS) is 1. The minimum absolute atomic E-state index is 0.0703. The average Bonchev–Trinajstić information content (AvgIpc) is 2.38. The predicted molar refractivity (Wildman–Crippen MR) is 87.0 cm³/mol. The maximum atomic E-state index is 11.0. The van der Waals surface area contributed by atoms with Crippen molar-refractivity contribution in [1.82, 2.24) is 4.98 Å². The van der Waals surface area contributed by atoms with Gasteiger partial charge < -0.3 is 5.11 Å². The fraction of sp³-hybridized carbons (Fsp3) is 0.143. The molecule has 110 valence electrons. The van der Waals surface area contributed by atoms with E-state index in [0.29, 0.717) is 15.9 Å². The maximum absolute atomic E-state index is 11.0. The van der Waals surface area contributed by atoms with Crippen LogP contribution in [0.3, 0.4) is 0 Å². The fourth-order valence-electron chi connectivity index (χ4n) is 1.67. The van der Waals surface area contributed by atoms with Crippen molar-refractivity contribution in [3.8, 4) is 0 Å². The van der Waals surface area contributed by atoms with Gasteiger partial charge in [0.2, 0.25) is 0 Å². The first-order valence-electron chi connectivity index (χ1n) is 5.85. The van der Waals surface area contributed by atoms with E-state index < -0.39 is 5.97 Å². The first kappa shape index (κ1) is 16.4. The second-order valence-electron chi connectivity index (χ2n) is 4.25. The molecule has 0 aliphatic carbocycles. The molecule has 0 bridgehead atoms. The highest BCUT2D eigenvalue weighted by Crippen LogP contribution is 2.32. The lowest BCUT2D eigenvalue weighted by atomic mass is 10.2. The summed E-state index contributed by atoms with van der Waals surface area (Å²) in [5.74, 6) is -0.568. The van der Waals surface area contributed by atoms with E-state index in [4.69, 9.17) is 39.9 Å². The minimum Gasteiger partial charge on any atom is -0.478 e. The Balaban J connectivity index is 2.21. The van der Waals surface area contributed by atoms with Crippen LogP contribution in [0.5, 0.6) is 0 Å². The molecule has 3 nitrogen and oxygen atoms in total. The van der Waals surface area contributed by atoms with Crippen LogP contribution in [0, 0.1) is 6.92 Å². The number of hydrogen-bond donors (Lipinski definition) is 1. The number of halogens is 3. The molecule has 1 aromatic carbocycles. The number of benzene rings is 1. The number of nitrogens with zero attached hydrogens (tertiary/aromatic N) is 1. The molecule has 0 atom stereocenters. The summed E-state index contributed by atoms with van der Waals surface area (Å²) < 4.78 is 0. The minimum atomic E-state index is -1.06. The summed E-state index contributed by atoms with van der Waals surface area (Å²) >= 11 is 19.5. The van der Waals surface area contributed by atoms with Gasteiger partial charge in [-0.1, -0.05) is 34.8 Å². The molecule has 1 aromatic heterocycles. The standard InChI is InChI=1S/C14H10Cl3NO2S/c1-7-4-12(16)10(13(17)18-7)6-21-8-2-3-11(15)9(5-8)14(19)20/h2-5H,6H2,1H3,(H,19,20). The number of carboxylic acids is 1. The molecule has 0 unspecified atom stereocenters. The molecule has 1 heterocycles. The molecule has 0 radical (unpaired) electrons. The Morgan fingerprint density at radius 3 is 2.57 bits per heavy atom. The zero-order valence-electron chi connectivity index (χ0n) is 10.9. The van der Waals surface area contributed by atoms with Crippen LogP contribution in [0.15, 0.2) is 29.2 Å². The largest absolute Gasteiger partial charge is 0.478 e. The number of aryl methyl sites for hydroxylation is 1. The second-order valence-corrected chi connectivity index (χ2v) is 6.47. The normalized spacial score (nSPS) is 10.7. The Labute approximate surface area is 141 Å². The average molecular weight is 363 g/mol. The number of aromatic nitrogens is 1. The number of carbonyl (C=O) groups is 1. The van der Waals surface area contributed by atoms with Gasteiger partial charge in [-0.15, -0.1) is 11.8 Å². The second kappa shape index (κ2) is 6.88. The van der Waals surface area contributed by atoms with Gasteiger partial charge in [-0.3, -0.25) is 0 Å². The van der Waals surface area contributed by atoms with Gasteiger partial charge in [-0.25, -0.2) is 9.78 Å². The van der Waals surface area contributed by atoms with E-state index in [1.807, 2.05) is 6.92 Å². The summed E-state index contributed by atoms with van der Waals surface area (Å²) in [5, 5.41) is 10.2. The Morgan fingerprint density at radius 2 is 1.95 bits per heavy atom. The summed E-state index contributed by atoms with van der Waals surface area (Å²) in [5.41, 5.74) is 1.54. The molecular formula is C14H10Cl3NO2S. The lowest BCUT2D eigenvalue weighted by Gasteiger charge is -2.08. The van der Waals surface area contributed by atoms with E-state index in [9.17, 15) is 4.79 Å². The van der Waals surface area contributed by atoms with Crippen LogP contribution in [0.4, 0.5) is 0 Å². The lowest BCUT2D eigenvalue weighted by molar-refractivity contribution is 0.0697. The zero-order chi connectivity index (χ0) is 15.6. The molecule has 1 N–H and O–H groups in total. The van der Waals surface area contributed by atoms with Crippen molar-refractivity contribution in [3.05, 3.63) is 56.3 Å². The van der Waals surface area contributed by atoms with Crippen molar-refractivity contribution >= 4 is 52.5 Å².